The Morgan fingerprint density at radius 3 is 2.89 bits per heavy atom. The summed E-state index contributed by atoms with van der Waals surface area (Å²) in [6, 6.07) is 11.9. The number of rotatable bonds is 6. The first-order valence-electron chi connectivity index (χ1n) is 11.8. The first-order chi connectivity index (χ1) is 17.6. The molecule has 1 aliphatic rings. The third-order valence-corrected chi connectivity index (χ3v) is 6.52. The summed E-state index contributed by atoms with van der Waals surface area (Å²) in [4.78, 5) is 15.5. The van der Waals surface area contributed by atoms with Crippen LogP contribution in [-0.4, -0.2) is 45.7 Å². The van der Waals surface area contributed by atoms with Gasteiger partial charge in [-0.3, -0.25) is 0 Å². The van der Waals surface area contributed by atoms with Gasteiger partial charge in [0.15, 0.2) is 11.5 Å². The summed E-state index contributed by atoms with van der Waals surface area (Å²) < 4.78 is 20.1. The molecule has 4 aromatic heterocycles. The smallest absolute Gasteiger partial charge is 0.158 e. The second-order valence-electron chi connectivity index (χ2n) is 8.92. The molecule has 1 saturated heterocycles. The molecule has 5 aromatic rings. The molecule has 9 nitrogen and oxygen atoms in total. The third kappa shape index (κ3) is 3.96. The lowest BCUT2D eigenvalue weighted by atomic mass is 10.2. The van der Waals surface area contributed by atoms with Gasteiger partial charge in [-0.15, -0.1) is 0 Å². The van der Waals surface area contributed by atoms with Crippen LogP contribution in [0.4, 0.5) is 5.82 Å². The highest BCUT2D eigenvalue weighted by atomic mass is 16.5. The average Bonchev–Trinajstić information content (AvgIpc) is 3.64. The summed E-state index contributed by atoms with van der Waals surface area (Å²) in [7, 11) is 1.63. The zero-order valence-corrected chi connectivity index (χ0v) is 20.0. The van der Waals surface area contributed by atoms with Crippen LogP contribution in [0.2, 0.25) is 0 Å². The highest BCUT2D eigenvalue weighted by Gasteiger charge is 2.27. The lowest BCUT2D eigenvalue weighted by Gasteiger charge is -2.25. The van der Waals surface area contributed by atoms with Gasteiger partial charge in [0, 0.05) is 31.1 Å². The van der Waals surface area contributed by atoms with Crippen molar-refractivity contribution >= 4 is 22.4 Å². The molecule has 36 heavy (non-hydrogen) atoms. The van der Waals surface area contributed by atoms with Crippen LogP contribution >= 0.6 is 0 Å². The number of imidazole rings is 1. The number of hydrogen-bond acceptors (Lipinski definition) is 8. The molecule has 0 saturated carbocycles. The summed E-state index contributed by atoms with van der Waals surface area (Å²) in [6.45, 7) is 3.39. The second-order valence-corrected chi connectivity index (χ2v) is 8.92. The molecule has 1 aromatic carbocycles. The zero-order valence-electron chi connectivity index (χ0n) is 20.0. The van der Waals surface area contributed by atoms with Crippen LogP contribution in [0.1, 0.15) is 24.1 Å². The molecule has 0 aliphatic carbocycles. The molecule has 6 rings (SSSR count). The predicted octanol–water partition coefficient (Wildman–Crippen LogP) is 4.77. The first kappa shape index (κ1) is 21.9. The van der Waals surface area contributed by atoms with E-state index in [0.717, 1.165) is 47.5 Å². The number of pyridine rings is 1. The minimum absolute atomic E-state index is 0.140. The summed E-state index contributed by atoms with van der Waals surface area (Å²) >= 11 is 0. The maximum absolute atomic E-state index is 9.00. The molecular formula is C27H24N6O3. The summed E-state index contributed by atoms with van der Waals surface area (Å²) in [6.07, 6.45) is 9.17. The Morgan fingerprint density at radius 1 is 1.17 bits per heavy atom. The molecule has 1 aliphatic heterocycles. The van der Waals surface area contributed by atoms with Crippen LogP contribution in [0.5, 0.6) is 11.5 Å². The number of nitriles is 1. The number of aromatic nitrogens is 4. The molecule has 1 fully saturated rings. The molecule has 5 heterocycles. The van der Waals surface area contributed by atoms with Crippen molar-refractivity contribution in [3.05, 3.63) is 66.4 Å². The van der Waals surface area contributed by atoms with Crippen molar-refractivity contribution in [2.75, 3.05) is 25.2 Å². The van der Waals surface area contributed by atoms with Crippen molar-refractivity contribution < 1.29 is 13.9 Å². The van der Waals surface area contributed by atoms with Crippen LogP contribution < -0.4 is 14.4 Å². The fraction of sp³-hybridized carbons (Fsp3) is 0.259. The number of nitrogens with zero attached hydrogens (tertiary/aromatic N) is 6. The van der Waals surface area contributed by atoms with Gasteiger partial charge in [0.1, 0.15) is 46.9 Å². The maximum atomic E-state index is 9.00. The zero-order chi connectivity index (χ0) is 24.6. The number of ether oxygens (including phenoxy) is 2. The highest BCUT2D eigenvalue weighted by Crippen LogP contribution is 2.37. The minimum atomic E-state index is 0.140. The van der Waals surface area contributed by atoms with Crippen molar-refractivity contribution in [3.63, 3.8) is 0 Å². The van der Waals surface area contributed by atoms with Gasteiger partial charge in [-0.1, -0.05) is 6.07 Å². The molecule has 0 spiro atoms. The quantitative estimate of drug-likeness (QED) is 0.342. The number of methoxy groups -OCH3 is 1. The van der Waals surface area contributed by atoms with Crippen molar-refractivity contribution in [2.45, 2.75) is 25.8 Å². The molecule has 0 amide bonds. The van der Waals surface area contributed by atoms with Crippen molar-refractivity contribution in [1.29, 1.82) is 5.26 Å². The van der Waals surface area contributed by atoms with E-state index in [-0.39, 0.29) is 6.04 Å². The van der Waals surface area contributed by atoms with E-state index in [1.807, 2.05) is 53.2 Å². The Morgan fingerprint density at radius 2 is 2.08 bits per heavy atom. The van der Waals surface area contributed by atoms with Gasteiger partial charge in [0.2, 0.25) is 0 Å². The first-order valence-corrected chi connectivity index (χ1v) is 11.8. The van der Waals surface area contributed by atoms with Gasteiger partial charge < -0.3 is 23.2 Å². The average molecular weight is 481 g/mol. The van der Waals surface area contributed by atoms with Gasteiger partial charge in [-0.2, -0.15) is 5.26 Å². The van der Waals surface area contributed by atoms with Crippen LogP contribution in [0.3, 0.4) is 0 Å². The molecule has 180 valence electrons. The largest absolute Gasteiger partial charge is 0.496 e. The number of aryl methyl sites for hydroxylation is 1. The molecule has 1 atom stereocenters. The van der Waals surface area contributed by atoms with Crippen LogP contribution in [0, 0.1) is 18.3 Å². The normalized spacial score (nSPS) is 15.5. The van der Waals surface area contributed by atoms with Crippen LogP contribution in [-0.2, 0) is 0 Å². The molecule has 0 radical (unpaired) electrons. The van der Waals surface area contributed by atoms with E-state index in [1.54, 1.807) is 13.3 Å². The topological polar surface area (TPSA) is 102 Å². The Bertz CT molecular complexity index is 1600. The molecule has 1 unspecified atom stereocenters. The number of anilines is 1. The molecule has 0 bridgehead atoms. The van der Waals surface area contributed by atoms with Crippen molar-refractivity contribution in [1.82, 2.24) is 19.4 Å². The number of benzene rings is 1. The maximum Gasteiger partial charge on any atom is 0.158 e. The van der Waals surface area contributed by atoms with Crippen LogP contribution in [0.15, 0.2) is 59.5 Å². The third-order valence-electron chi connectivity index (χ3n) is 6.52. The standard InChI is InChI=1S/C27H24N6O3/c1-17-5-6-26-31-22(15-32(26)14-17)25-10-21-23(8-20(34-2)9-24(21)36-25)35-16-19-4-3-7-33(19)27-13-29-18(11-28)12-30-27/h5-6,8-10,12-15,19H,3-4,7,16H2,1-2H3. The van der Waals surface area contributed by atoms with E-state index in [4.69, 9.17) is 24.1 Å². The Labute approximate surface area is 207 Å². The van der Waals surface area contributed by atoms with E-state index in [1.165, 1.54) is 6.20 Å². The molecular weight excluding hydrogens is 456 g/mol. The Hall–Kier alpha value is -4.58. The number of furan rings is 1. The predicted molar refractivity (Wildman–Crippen MR) is 134 cm³/mol. The molecule has 9 heteroatoms. The van der Waals surface area contributed by atoms with E-state index in [2.05, 4.69) is 21.8 Å². The van der Waals surface area contributed by atoms with Crippen molar-refractivity contribution in [3.8, 4) is 29.0 Å². The van der Waals surface area contributed by atoms with Gasteiger partial charge in [-0.25, -0.2) is 15.0 Å². The monoisotopic (exact) mass is 480 g/mol. The minimum Gasteiger partial charge on any atom is -0.496 e. The van der Waals surface area contributed by atoms with Gasteiger partial charge >= 0.3 is 0 Å². The lowest BCUT2D eigenvalue weighted by Crippen LogP contribution is -2.34. The number of hydrogen-bond donors (Lipinski definition) is 0. The van der Waals surface area contributed by atoms with Gasteiger partial charge in [-0.05, 0) is 37.5 Å². The van der Waals surface area contributed by atoms with Crippen molar-refractivity contribution in [2.24, 2.45) is 0 Å². The summed E-state index contributed by atoms with van der Waals surface area (Å²) in [5.74, 6) is 2.77. The highest BCUT2D eigenvalue weighted by molar-refractivity contribution is 5.89. The van der Waals surface area contributed by atoms with E-state index in [9.17, 15) is 0 Å². The summed E-state index contributed by atoms with van der Waals surface area (Å²) in [5, 5.41) is 9.86. The summed E-state index contributed by atoms with van der Waals surface area (Å²) in [5.41, 5.74) is 3.75. The fourth-order valence-corrected chi connectivity index (χ4v) is 4.69. The Balaban J connectivity index is 1.29. The van der Waals surface area contributed by atoms with E-state index < -0.39 is 0 Å². The second kappa shape index (κ2) is 8.89. The molecule has 0 N–H and O–H groups in total. The van der Waals surface area contributed by atoms with E-state index >= 15 is 0 Å². The van der Waals surface area contributed by atoms with Gasteiger partial charge in [0.05, 0.1) is 30.9 Å². The van der Waals surface area contributed by atoms with Gasteiger partial charge in [0.25, 0.3) is 0 Å². The van der Waals surface area contributed by atoms with E-state index in [0.29, 0.717) is 35.1 Å². The lowest BCUT2D eigenvalue weighted by molar-refractivity contribution is 0.289. The SMILES string of the molecule is COc1cc(OCC2CCCN2c2cnc(C#N)cn2)c2cc(-c3cn4cc(C)ccc4n3)oc2c1. The number of fused-ring (bicyclic) bond motifs is 2. The Kier molecular flexibility index (Phi) is 5.41. The fourth-order valence-electron chi connectivity index (χ4n) is 4.69. The van der Waals surface area contributed by atoms with Crippen LogP contribution in [0.25, 0.3) is 28.1 Å².